The minimum absolute atomic E-state index is 0.0132. The summed E-state index contributed by atoms with van der Waals surface area (Å²) in [5.41, 5.74) is 6.10. The number of carbonyl (C=O) groups excluding carboxylic acids is 1. The number of oxazole rings is 1. The third-order valence-corrected chi connectivity index (χ3v) is 5.56. The van der Waals surface area contributed by atoms with Gasteiger partial charge in [-0.3, -0.25) is 4.79 Å². The molecule has 4 aliphatic rings. The van der Waals surface area contributed by atoms with Crippen LogP contribution < -0.4 is 11.1 Å². The number of hydrogen-bond acceptors (Lipinski definition) is 4. The Kier molecular flexibility index (Phi) is 2.89. The summed E-state index contributed by atoms with van der Waals surface area (Å²) in [7, 11) is 0. The third kappa shape index (κ3) is 2.27. The van der Waals surface area contributed by atoms with Gasteiger partial charge in [-0.15, -0.1) is 0 Å². The van der Waals surface area contributed by atoms with Gasteiger partial charge in [-0.1, -0.05) is 0 Å². The smallest absolute Gasteiger partial charge is 0.273 e. The van der Waals surface area contributed by atoms with Gasteiger partial charge in [0.2, 0.25) is 5.89 Å². The summed E-state index contributed by atoms with van der Waals surface area (Å²) < 4.78 is 5.27. The Bertz CT molecular complexity index is 528. The number of rotatable bonds is 3. The molecule has 1 heterocycles. The average molecular weight is 289 g/mol. The average Bonchev–Trinajstić information content (AvgIpc) is 2.85. The van der Waals surface area contributed by atoms with E-state index in [4.69, 9.17) is 10.2 Å². The molecule has 1 aromatic rings. The fraction of sp³-hybridized carbons (Fsp3) is 0.750. The fourth-order valence-corrected chi connectivity index (χ4v) is 5.17. The van der Waals surface area contributed by atoms with Crippen molar-refractivity contribution in [1.29, 1.82) is 0 Å². The minimum atomic E-state index is -0.286. The zero-order valence-corrected chi connectivity index (χ0v) is 12.5. The largest absolute Gasteiger partial charge is 0.446 e. The van der Waals surface area contributed by atoms with E-state index in [0.717, 1.165) is 37.0 Å². The molecule has 1 aromatic heterocycles. The highest BCUT2D eigenvalue weighted by molar-refractivity contribution is 5.92. The van der Waals surface area contributed by atoms with Crippen LogP contribution in [0.5, 0.6) is 0 Å². The number of hydrogen-bond donors (Lipinski definition) is 2. The lowest BCUT2D eigenvalue weighted by molar-refractivity contribution is -0.0167. The molecule has 1 atom stereocenters. The quantitative estimate of drug-likeness (QED) is 0.895. The molecule has 0 aliphatic heterocycles. The number of nitrogens with zero attached hydrogens (tertiary/aromatic N) is 1. The molecule has 5 heteroatoms. The second-order valence-corrected chi connectivity index (χ2v) is 7.51. The number of aromatic nitrogens is 1. The van der Waals surface area contributed by atoms with Crippen molar-refractivity contribution in [1.82, 2.24) is 10.3 Å². The second kappa shape index (κ2) is 4.57. The molecule has 0 spiro atoms. The Hall–Kier alpha value is -1.36. The molecule has 4 fully saturated rings. The Morgan fingerprint density at radius 3 is 2.38 bits per heavy atom. The summed E-state index contributed by atoms with van der Waals surface area (Å²) in [5, 5.41) is 3.29. The monoisotopic (exact) mass is 289 g/mol. The Balaban J connectivity index is 1.51. The minimum Gasteiger partial charge on any atom is -0.446 e. The van der Waals surface area contributed by atoms with Crippen LogP contribution in [0.2, 0.25) is 0 Å². The molecular weight excluding hydrogens is 266 g/mol. The highest BCUT2D eigenvalue weighted by atomic mass is 16.3. The SMILES string of the molecule is CC(N)c1nc(C(=O)NC23CC4CC(CC(C4)C2)C3)co1. The van der Waals surface area contributed by atoms with Crippen molar-refractivity contribution in [2.45, 2.75) is 57.0 Å². The molecule has 0 aromatic carbocycles. The van der Waals surface area contributed by atoms with Crippen molar-refractivity contribution in [3.05, 3.63) is 17.8 Å². The maximum absolute atomic E-state index is 12.5. The van der Waals surface area contributed by atoms with Crippen molar-refractivity contribution in [2.24, 2.45) is 23.5 Å². The molecule has 4 bridgehead atoms. The van der Waals surface area contributed by atoms with Crippen LogP contribution >= 0.6 is 0 Å². The summed E-state index contributed by atoms with van der Waals surface area (Å²) in [6, 6.07) is -0.286. The van der Waals surface area contributed by atoms with Gasteiger partial charge in [-0.25, -0.2) is 4.98 Å². The predicted octanol–water partition coefficient (Wildman–Crippen LogP) is 2.39. The van der Waals surface area contributed by atoms with Crippen molar-refractivity contribution in [3.8, 4) is 0 Å². The summed E-state index contributed by atoms with van der Waals surface area (Å²) >= 11 is 0. The van der Waals surface area contributed by atoms with E-state index < -0.39 is 0 Å². The molecule has 0 radical (unpaired) electrons. The molecule has 4 aliphatic carbocycles. The van der Waals surface area contributed by atoms with E-state index in [1.807, 2.05) is 0 Å². The van der Waals surface area contributed by atoms with Crippen LogP contribution in [0.3, 0.4) is 0 Å². The van der Waals surface area contributed by atoms with Gasteiger partial charge in [0, 0.05) is 5.54 Å². The van der Waals surface area contributed by atoms with E-state index in [2.05, 4.69) is 10.3 Å². The molecule has 0 saturated heterocycles. The second-order valence-electron chi connectivity index (χ2n) is 7.51. The van der Waals surface area contributed by atoms with Crippen molar-refractivity contribution < 1.29 is 9.21 Å². The highest BCUT2D eigenvalue weighted by Gasteiger charge is 2.51. The summed E-state index contributed by atoms with van der Waals surface area (Å²) in [6.07, 6.45) is 8.96. The standard InChI is InChI=1S/C16H23N3O2/c1-9(17)15-18-13(8-21-15)14(20)19-16-5-10-2-11(6-16)4-12(3-10)7-16/h8-12H,2-7,17H2,1H3,(H,19,20). The first-order chi connectivity index (χ1) is 10.0. The van der Waals surface area contributed by atoms with Crippen LogP contribution in [-0.4, -0.2) is 16.4 Å². The highest BCUT2D eigenvalue weighted by Crippen LogP contribution is 2.55. The van der Waals surface area contributed by atoms with Crippen LogP contribution in [0.25, 0.3) is 0 Å². The van der Waals surface area contributed by atoms with Crippen LogP contribution in [0.1, 0.15) is 67.9 Å². The van der Waals surface area contributed by atoms with Gasteiger partial charge >= 0.3 is 0 Å². The van der Waals surface area contributed by atoms with E-state index in [9.17, 15) is 4.79 Å². The number of nitrogens with one attached hydrogen (secondary N) is 1. The van der Waals surface area contributed by atoms with E-state index in [1.165, 1.54) is 25.5 Å². The van der Waals surface area contributed by atoms with Gasteiger partial charge in [0.05, 0.1) is 6.04 Å². The first-order valence-corrected chi connectivity index (χ1v) is 8.06. The maximum Gasteiger partial charge on any atom is 0.273 e. The summed E-state index contributed by atoms with van der Waals surface area (Å²) in [5.74, 6) is 2.76. The molecular formula is C16H23N3O2. The molecule has 1 unspecified atom stereocenters. The van der Waals surface area contributed by atoms with Gasteiger partial charge in [-0.05, 0) is 63.2 Å². The van der Waals surface area contributed by atoms with Crippen molar-refractivity contribution in [2.75, 3.05) is 0 Å². The van der Waals surface area contributed by atoms with Gasteiger partial charge in [0.25, 0.3) is 5.91 Å². The van der Waals surface area contributed by atoms with Gasteiger partial charge < -0.3 is 15.5 Å². The molecule has 21 heavy (non-hydrogen) atoms. The number of carbonyl (C=O) groups is 1. The van der Waals surface area contributed by atoms with Crippen molar-refractivity contribution in [3.63, 3.8) is 0 Å². The van der Waals surface area contributed by atoms with Gasteiger partial charge in [-0.2, -0.15) is 0 Å². The lowest BCUT2D eigenvalue weighted by atomic mass is 9.53. The number of nitrogens with two attached hydrogens (primary N) is 1. The topological polar surface area (TPSA) is 81.1 Å². The van der Waals surface area contributed by atoms with Crippen molar-refractivity contribution >= 4 is 5.91 Å². The predicted molar refractivity (Wildman–Crippen MR) is 77.5 cm³/mol. The first kappa shape index (κ1) is 13.3. The van der Waals surface area contributed by atoms with Crippen LogP contribution in [0, 0.1) is 17.8 Å². The fourth-order valence-electron chi connectivity index (χ4n) is 5.17. The molecule has 114 valence electrons. The van der Waals surface area contributed by atoms with Crippen LogP contribution in [0.4, 0.5) is 0 Å². The molecule has 3 N–H and O–H groups in total. The maximum atomic E-state index is 12.5. The van der Waals surface area contributed by atoms with Gasteiger partial charge in [0.15, 0.2) is 5.69 Å². The lowest BCUT2D eigenvalue weighted by Gasteiger charge is -2.56. The molecule has 1 amide bonds. The van der Waals surface area contributed by atoms with E-state index in [1.54, 1.807) is 6.92 Å². The Morgan fingerprint density at radius 1 is 1.33 bits per heavy atom. The molecule has 5 rings (SSSR count). The Labute approximate surface area is 124 Å². The molecule has 4 saturated carbocycles. The lowest BCUT2D eigenvalue weighted by Crippen LogP contribution is -2.59. The zero-order valence-electron chi connectivity index (χ0n) is 12.5. The normalized spacial score (nSPS) is 38.5. The summed E-state index contributed by atoms with van der Waals surface area (Å²) in [6.45, 7) is 1.80. The van der Waals surface area contributed by atoms with E-state index in [0.29, 0.717) is 11.6 Å². The zero-order chi connectivity index (χ0) is 14.6. The van der Waals surface area contributed by atoms with Crippen LogP contribution in [-0.2, 0) is 0 Å². The summed E-state index contributed by atoms with van der Waals surface area (Å²) in [4.78, 5) is 16.7. The molecule has 5 nitrogen and oxygen atoms in total. The first-order valence-electron chi connectivity index (χ1n) is 8.06. The van der Waals surface area contributed by atoms with Gasteiger partial charge in [0.1, 0.15) is 6.26 Å². The van der Waals surface area contributed by atoms with E-state index >= 15 is 0 Å². The van der Waals surface area contributed by atoms with Crippen LogP contribution in [0.15, 0.2) is 10.7 Å². The number of amides is 1. The third-order valence-electron chi connectivity index (χ3n) is 5.56. The van der Waals surface area contributed by atoms with E-state index in [-0.39, 0.29) is 17.5 Å². The Morgan fingerprint density at radius 2 is 1.90 bits per heavy atom.